The van der Waals surface area contributed by atoms with Crippen LogP contribution in [0.25, 0.3) is 0 Å². The summed E-state index contributed by atoms with van der Waals surface area (Å²) >= 11 is 0. The predicted molar refractivity (Wildman–Crippen MR) is 71.8 cm³/mol. The summed E-state index contributed by atoms with van der Waals surface area (Å²) in [6, 6.07) is 2.00. The van der Waals surface area contributed by atoms with Gasteiger partial charge in [-0.05, 0) is 13.0 Å². The number of anilines is 1. The Kier molecular flexibility index (Phi) is 4.90. The highest BCUT2D eigenvalue weighted by atomic mass is 16.5. The maximum Gasteiger partial charge on any atom is 0.129 e. The van der Waals surface area contributed by atoms with E-state index >= 15 is 0 Å². The van der Waals surface area contributed by atoms with Gasteiger partial charge in [-0.2, -0.15) is 0 Å². The minimum Gasteiger partial charge on any atom is -0.374 e. The molecule has 100 valence electrons. The molecule has 2 heterocycles. The Morgan fingerprint density at radius 2 is 2.33 bits per heavy atom. The van der Waals surface area contributed by atoms with Gasteiger partial charge in [0.1, 0.15) is 12.1 Å². The number of hydrogen-bond acceptors (Lipinski definition) is 5. The number of nitrogens with one attached hydrogen (secondary N) is 1. The van der Waals surface area contributed by atoms with E-state index in [1.807, 2.05) is 6.07 Å². The molecule has 1 N–H and O–H groups in total. The summed E-state index contributed by atoms with van der Waals surface area (Å²) in [7, 11) is 0. The standard InChI is InChI=1S/C13H22N4O/c1-3-11-7-13(16-10-15-11)14-8-12-9-17(4-2)5-6-18-12/h7,10,12H,3-6,8-9H2,1-2H3,(H,14,15,16). The second kappa shape index (κ2) is 6.66. The molecule has 1 aliphatic heterocycles. The molecule has 1 aromatic heterocycles. The Hall–Kier alpha value is -1.20. The lowest BCUT2D eigenvalue weighted by atomic mass is 10.2. The first-order chi connectivity index (χ1) is 8.81. The number of likely N-dealkylation sites (N-methyl/N-ethyl adjacent to an activating group) is 1. The Balaban J connectivity index is 1.83. The van der Waals surface area contributed by atoms with Crippen LogP contribution < -0.4 is 5.32 Å². The van der Waals surface area contributed by atoms with Gasteiger partial charge >= 0.3 is 0 Å². The van der Waals surface area contributed by atoms with Gasteiger partial charge in [-0.25, -0.2) is 9.97 Å². The van der Waals surface area contributed by atoms with Crippen molar-refractivity contribution in [3.05, 3.63) is 18.1 Å². The maximum atomic E-state index is 5.74. The van der Waals surface area contributed by atoms with Gasteiger partial charge in [-0.3, -0.25) is 4.90 Å². The van der Waals surface area contributed by atoms with Gasteiger partial charge in [0, 0.05) is 31.4 Å². The van der Waals surface area contributed by atoms with Crippen molar-refractivity contribution in [1.29, 1.82) is 0 Å². The zero-order chi connectivity index (χ0) is 12.8. The average Bonchev–Trinajstić information content (AvgIpc) is 2.45. The van der Waals surface area contributed by atoms with E-state index in [0.29, 0.717) is 0 Å². The molecule has 0 bridgehead atoms. The van der Waals surface area contributed by atoms with E-state index < -0.39 is 0 Å². The third-order valence-electron chi connectivity index (χ3n) is 3.27. The molecule has 1 saturated heterocycles. The van der Waals surface area contributed by atoms with Gasteiger partial charge in [-0.1, -0.05) is 13.8 Å². The van der Waals surface area contributed by atoms with E-state index in [1.165, 1.54) is 0 Å². The number of ether oxygens (including phenoxy) is 1. The second-order valence-electron chi connectivity index (χ2n) is 4.52. The lowest BCUT2D eigenvalue weighted by molar-refractivity contribution is -0.0192. The summed E-state index contributed by atoms with van der Waals surface area (Å²) < 4.78 is 5.74. The van der Waals surface area contributed by atoms with Crippen molar-refractivity contribution in [3.8, 4) is 0 Å². The Morgan fingerprint density at radius 1 is 1.44 bits per heavy atom. The first kappa shape index (κ1) is 13.2. The van der Waals surface area contributed by atoms with E-state index in [4.69, 9.17) is 4.74 Å². The van der Waals surface area contributed by atoms with Gasteiger partial charge in [0.2, 0.25) is 0 Å². The zero-order valence-electron chi connectivity index (χ0n) is 11.2. The lowest BCUT2D eigenvalue weighted by Gasteiger charge is -2.32. The Morgan fingerprint density at radius 3 is 3.11 bits per heavy atom. The third kappa shape index (κ3) is 3.65. The van der Waals surface area contributed by atoms with Crippen LogP contribution in [0.2, 0.25) is 0 Å². The summed E-state index contributed by atoms with van der Waals surface area (Å²) in [5, 5.41) is 3.33. The molecule has 5 heteroatoms. The summed E-state index contributed by atoms with van der Waals surface area (Å²) in [6.07, 6.45) is 2.79. The molecule has 1 unspecified atom stereocenters. The van der Waals surface area contributed by atoms with Gasteiger partial charge in [0.05, 0.1) is 12.7 Å². The molecule has 0 saturated carbocycles. The van der Waals surface area contributed by atoms with Crippen LogP contribution >= 0.6 is 0 Å². The van der Waals surface area contributed by atoms with E-state index in [9.17, 15) is 0 Å². The molecule has 0 radical (unpaired) electrons. The van der Waals surface area contributed by atoms with Crippen molar-refractivity contribution in [3.63, 3.8) is 0 Å². The molecule has 1 fully saturated rings. The van der Waals surface area contributed by atoms with Crippen LogP contribution in [0.4, 0.5) is 5.82 Å². The van der Waals surface area contributed by atoms with Crippen molar-refractivity contribution in [2.75, 3.05) is 38.1 Å². The molecule has 1 aliphatic rings. The van der Waals surface area contributed by atoms with E-state index in [-0.39, 0.29) is 6.10 Å². The Bertz CT molecular complexity index is 372. The fourth-order valence-corrected chi connectivity index (χ4v) is 2.10. The molecule has 18 heavy (non-hydrogen) atoms. The fourth-order valence-electron chi connectivity index (χ4n) is 2.10. The smallest absolute Gasteiger partial charge is 0.129 e. The molecule has 1 atom stereocenters. The van der Waals surface area contributed by atoms with Gasteiger partial charge in [0.15, 0.2) is 0 Å². The number of rotatable bonds is 5. The molecular weight excluding hydrogens is 228 g/mol. The summed E-state index contributed by atoms with van der Waals surface area (Å²) in [5.41, 5.74) is 1.06. The van der Waals surface area contributed by atoms with Crippen LogP contribution in [-0.2, 0) is 11.2 Å². The lowest BCUT2D eigenvalue weighted by Crippen LogP contribution is -2.45. The molecule has 0 aromatic carbocycles. The molecule has 1 aromatic rings. The first-order valence-corrected chi connectivity index (χ1v) is 6.70. The predicted octanol–water partition coefficient (Wildman–Crippen LogP) is 1.17. The summed E-state index contributed by atoms with van der Waals surface area (Å²) in [4.78, 5) is 10.8. The average molecular weight is 250 g/mol. The van der Waals surface area contributed by atoms with E-state index in [2.05, 4.69) is 34.0 Å². The first-order valence-electron chi connectivity index (χ1n) is 6.70. The maximum absolute atomic E-state index is 5.74. The number of aryl methyl sites for hydroxylation is 1. The second-order valence-corrected chi connectivity index (χ2v) is 4.52. The molecular formula is C13H22N4O. The number of aromatic nitrogens is 2. The van der Waals surface area contributed by atoms with Gasteiger partial charge in [0.25, 0.3) is 0 Å². The van der Waals surface area contributed by atoms with Crippen LogP contribution in [0.1, 0.15) is 19.5 Å². The Labute approximate surface area is 109 Å². The van der Waals surface area contributed by atoms with Crippen molar-refractivity contribution in [2.24, 2.45) is 0 Å². The number of nitrogens with zero attached hydrogens (tertiary/aromatic N) is 3. The van der Waals surface area contributed by atoms with Crippen LogP contribution in [0.3, 0.4) is 0 Å². The van der Waals surface area contributed by atoms with Crippen LogP contribution in [0.5, 0.6) is 0 Å². The number of hydrogen-bond donors (Lipinski definition) is 1. The SMILES string of the molecule is CCc1cc(NCC2CN(CC)CCO2)ncn1. The normalized spacial score (nSPS) is 20.9. The number of morpholine rings is 1. The fraction of sp³-hybridized carbons (Fsp3) is 0.692. The molecule has 0 aliphatic carbocycles. The van der Waals surface area contributed by atoms with Gasteiger partial charge < -0.3 is 10.1 Å². The zero-order valence-corrected chi connectivity index (χ0v) is 11.2. The summed E-state index contributed by atoms with van der Waals surface area (Å²) in [5.74, 6) is 0.888. The molecule has 0 spiro atoms. The minimum atomic E-state index is 0.249. The highest BCUT2D eigenvalue weighted by Gasteiger charge is 2.18. The van der Waals surface area contributed by atoms with Crippen molar-refractivity contribution in [1.82, 2.24) is 14.9 Å². The van der Waals surface area contributed by atoms with E-state index in [1.54, 1.807) is 6.33 Å². The minimum absolute atomic E-state index is 0.249. The quantitative estimate of drug-likeness (QED) is 0.850. The highest BCUT2D eigenvalue weighted by Crippen LogP contribution is 2.08. The van der Waals surface area contributed by atoms with Crippen molar-refractivity contribution in [2.45, 2.75) is 26.4 Å². The monoisotopic (exact) mass is 250 g/mol. The van der Waals surface area contributed by atoms with Gasteiger partial charge in [-0.15, -0.1) is 0 Å². The molecule has 5 nitrogen and oxygen atoms in total. The van der Waals surface area contributed by atoms with Crippen LogP contribution in [-0.4, -0.2) is 53.8 Å². The highest BCUT2D eigenvalue weighted by molar-refractivity contribution is 5.34. The molecule has 2 rings (SSSR count). The van der Waals surface area contributed by atoms with Crippen LogP contribution in [0, 0.1) is 0 Å². The topological polar surface area (TPSA) is 50.3 Å². The van der Waals surface area contributed by atoms with Crippen molar-refractivity contribution < 1.29 is 4.74 Å². The van der Waals surface area contributed by atoms with Crippen molar-refractivity contribution >= 4 is 5.82 Å². The third-order valence-corrected chi connectivity index (χ3v) is 3.27. The molecule has 0 amide bonds. The summed E-state index contributed by atoms with van der Waals surface area (Å²) in [6.45, 7) is 9.03. The van der Waals surface area contributed by atoms with Crippen LogP contribution in [0.15, 0.2) is 12.4 Å². The largest absolute Gasteiger partial charge is 0.374 e. The van der Waals surface area contributed by atoms with E-state index in [0.717, 1.165) is 50.7 Å².